The van der Waals surface area contributed by atoms with Crippen molar-refractivity contribution in [2.75, 3.05) is 13.1 Å². The van der Waals surface area contributed by atoms with Gasteiger partial charge in [-0.05, 0) is 37.0 Å². The largest absolute Gasteiger partial charge is 0.323 e. The Labute approximate surface area is 115 Å². The van der Waals surface area contributed by atoms with Crippen molar-refractivity contribution >= 4 is 10.0 Å². The number of benzene rings is 1. The molecular formula is C14H22N2O2S. The van der Waals surface area contributed by atoms with Crippen LogP contribution in [-0.4, -0.2) is 31.4 Å². The van der Waals surface area contributed by atoms with Crippen molar-refractivity contribution in [3.63, 3.8) is 0 Å². The molecule has 2 rings (SSSR count). The van der Waals surface area contributed by atoms with Gasteiger partial charge in [0.05, 0.1) is 4.90 Å². The van der Waals surface area contributed by atoms with Crippen LogP contribution >= 0.6 is 0 Å². The highest BCUT2D eigenvalue weighted by Gasteiger charge is 2.47. The third-order valence-corrected chi connectivity index (χ3v) is 5.99. The smallest absolute Gasteiger partial charge is 0.243 e. The van der Waals surface area contributed by atoms with Crippen LogP contribution < -0.4 is 5.73 Å². The fraction of sp³-hybridized carbons (Fsp3) is 0.571. The lowest BCUT2D eigenvalue weighted by Gasteiger charge is -2.49. The third-order valence-electron chi connectivity index (χ3n) is 4.05. The van der Waals surface area contributed by atoms with Gasteiger partial charge in [-0.2, -0.15) is 4.31 Å². The summed E-state index contributed by atoms with van der Waals surface area (Å²) in [4.78, 5) is 0.401. The van der Waals surface area contributed by atoms with Crippen LogP contribution in [0.5, 0.6) is 0 Å². The zero-order chi connectivity index (χ0) is 14.4. The summed E-state index contributed by atoms with van der Waals surface area (Å²) in [6.45, 7) is 8.59. The van der Waals surface area contributed by atoms with Gasteiger partial charge in [0.25, 0.3) is 0 Å². The molecule has 0 radical (unpaired) electrons. The van der Waals surface area contributed by atoms with Gasteiger partial charge in [0, 0.05) is 18.6 Å². The topological polar surface area (TPSA) is 63.4 Å². The van der Waals surface area contributed by atoms with E-state index in [-0.39, 0.29) is 11.5 Å². The molecule has 0 unspecified atom stereocenters. The van der Waals surface area contributed by atoms with E-state index in [1.165, 1.54) is 4.31 Å². The molecule has 0 atom stereocenters. The predicted molar refractivity (Wildman–Crippen MR) is 76.4 cm³/mol. The van der Waals surface area contributed by atoms with E-state index >= 15 is 0 Å². The Morgan fingerprint density at radius 3 is 2.37 bits per heavy atom. The lowest BCUT2D eigenvalue weighted by Crippen LogP contribution is -2.70. The third kappa shape index (κ3) is 2.42. The maximum absolute atomic E-state index is 12.6. The first kappa shape index (κ1) is 14.5. The summed E-state index contributed by atoms with van der Waals surface area (Å²) in [5.74, 6) is 0.276. The molecule has 106 valence electrons. The average Bonchev–Trinajstić information content (AvgIpc) is 2.27. The van der Waals surface area contributed by atoms with Gasteiger partial charge in [0.1, 0.15) is 0 Å². The zero-order valence-corrected chi connectivity index (χ0v) is 12.8. The molecule has 1 heterocycles. The van der Waals surface area contributed by atoms with Crippen LogP contribution in [0.15, 0.2) is 23.1 Å². The van der Waals surface area contributed by atoms with E-state index in [1.807, 2.05) is 39.8 Å². The molecule has 0 amide bonds. The number of sulfonamides is 1. The molecule has 19 heavy (non-hydrogen) atoms. The normalized spacial score (nSPS) is 19.5. The summed E-state index contributed by atoms with van der Waals surface area (Å²) < 4.78 is 26.6. The van der Waals surface area contributed by atoms with Crippen molar-refractivity contribution in [1.82, 2.24) is 4.31 Å². The maximum Gasteiger partial charge on any atom is 0.243 e. The summed E-state index contributed by atoms with van der Waals surface area (Å²) >= 11 is 0. The summed E-state index contributed by atoms with van der Waals surface area (Å²) in [5.41, 5.74) is 7.52. The predicted octanol–water partition coefficient (Wildman–Crippen LogP) is 1.66. The molecular weight excluding hydrogens is 260 g/mol. The zero-order valence-electron chi connectivity index (χ0n) is 12.0. The van der Waals surface area contributed by atoms with Crippen LogP contribution in [0.25, 0.3) is 0 Å². The summed E-state index contributed by atoms with van der Waals surface area (Å²) in [6.07, 6.45) is 0. The van der Waals surface area contributed by atoms with E-state index in [9.17, 15) is 8.42 Å². The van der Waals surface area contributed by atoms with Crippen molar-refractivity contribution in [2.24, 2.45) is 11.7 Å². The second kappa shape index (κ2) is 4.58. The highest BCUT2D eigenvalue weighted by Crippen LogP contribution is 2.32. The number of rotatable bonds is 3. The summed E-state index contributed by atoms with van der Waals surface area (Å²) in [7, 11) is -3.41. The van der Waals surface area contributed by atoms with Crippen LogP contribution in [0.1, 0.15) is 25.0 Å². The lowest BCUT2D eigenvalue weighted by atomic mass is 9.82. The first-order valence-electron chi connectivity index (χ1n) is 6.53. The highest BCUT2D eigenvalue weighted by atomic mass is 32.2. The molecule has 4 nitrogen and oxygen atoms in total. The van der Waals surface area contributed by atoms with E-state index in [4.69, 9.17) is 5.73 Å². The first-order valence-corrected chi connectivity index (χ1v) is 7.97. The molecule has 2 N–H and O–H groups in total. The van der Waals surface area contributed by atoms with Crippen molar-refractivity contribution in [3.8, 4) is 0 Å². The van der Waals surface area contributed by atoms with Gasteiger partial charge in [-0.1, -0.05) is 26.0 Å². The minimum Gasteiger partial charge on any atom is -0.323 e. The van der Waals surface area contributed by atoms with E-state index < -0.39 is 10.0 Å². The lowest BCUT2D eigenvalue weighted by molar-refractivity contribution is 0.110. The Bertz CT molecular complexity index is 587. The Morgan fingerprint density at radius 1 is 1.26 bits per heavy atom. The number of hydrogen-bond acceptors (Lipinski definition) is 3. The Kier molecular flexibility index (Phi) is 3.49. The van der Waals surface area contributed by atoms with Gasteiger partial charge >= 0.3 is 0 Å². The number of aryl methyl sites for hydroxylation is 2. The highest BCUT2D eigenvalue weighted by molar-refractivity contribution is 7.89. The maximum atomic E-state index is 12.6. The molecule has 1 aliphatic heterocycles. The standard InChI is InChI=1S/C14H22N2O2S/c1-10(2)14(15)8-16(9-14)19(17,18)13-7-11(3)5-6-12(13)4/h5-7,10H,8-9,15H2,1-4H3. The summed E-state index contributed by atoms with van der Waals surface area (Å²) in [6, 6.07) is 5.50. The second-order valence-electron chi connectivity index (χ2n) is 5.93. The monoisotopic (exact) mass is 282 g/mol. The molecule has 1 saturated heterocycles. The molecule has 0 spiro atoms. The minimum absolute atomic E-state index is 0.276. The van der Waals surface area contributed by atoms with Gasteiger partial charge in [-0.15, -0.1) is 0 Å². The first-order chi connectivity index (χ1) is 8.67. The molecule has 1 aliphatic rings. The SMILES string of the molecule is Cc1ccc(C)c(S(=O)(=O)N2CC(N)(C(C)C)C2)c1. The fourth-order valence-corrected chi connectivity index (χ4v) is 4.18. The van der Waals surface area contributed by atoms with E-state index in [2.05, 4.69) is 0 Å². The van der Waals surface area contributed by atoms with Crippen LogP contribution in [0, 0.1) is 19.8 Å². The van der Waals surface area contributed by atoms with Crippen molar-refractivity contribution in [1.29, 1.82) is 0 Å². The van der Waals surface area contributed by atoms with Crippen molar-refractivity contribution in [2.45, 2.75) is 38.1 Å². The average molecular weight is 282 g/mol. The number of hydrogen-bond donors (Lipinski definition) is 1. The molecule has 0 bridgehead atoms. The van der Waals surface area contributed by atoms with Gasteiger partial charge in [0.2, 0.25) is 10.0 Å². The van der Waals surface area contributed by atoms with Gasteiger partial charge < -0.3 is 5.73 Å². The molecule has 0 saturated carbocycles. The number of nitrogens with two attached hydrogens (primary N) is 1. The van der Waals surface area contributed by atoms with Crippen LogP contribution in [0.3, 0.4) is 0 Å². The Balaban J connectivity index is 2.29. The van der Waals surface area contributed by atoms with E-state index in [0.717, 1.165) is 11.1 Å². The Morgan fingerprint density at radius 2 is 1.84 bits per heavy atom. The molecule has 1 aromatic carbocycles. The van der Waals surface area contributed by atoms with Gasteiger partial charge in [0.15, 0.2) is 0 Å². The summed E-state index contributed by atoms with van der Waals surface area (Å²) in [5, 5.41) is 0. The Hall–Kier alpha value is -0.910. The second-order valence-corrected chi connectivity index (χ2v) is 7.84. The van der Waals surface area contributed by atoms with Crippen LogP contribution in [0.4, 0.5) is 0 Å². The minimum atomic E-state index is -3.41. The molecule has 1 aromatic rings. The molecule has 0 aliphatic carbocycles. The molecule has 5 heteroatoms. The van der Waals surface area contributed by atoms with Gasteiger partial charge in [-0.3, -0.25) is 0 Å². The van der Waals surface area contributed by atoms with Crippen molar-refractivity contribution in [3.05, 3.63) is 29.3 Å². The molecule has 1 fully saturated rings. The van der Waals surface area contributed by atoms with E-state index in [0.29, 0.717) is 18.0 Å². The quantitative estimate of drug-likeness (QED) is 0.917. The van der Waals surface area contributed by atoms with E-state index in [1.54, 1.807) is 6.07 Å². The van der Waals surface area contributed by atoms with Gasteiger partial charge in [-0.25, -0.2) is 8.42 Å². The van der Waals surface area contributed by atoms with Crippen molar-refractivity contribution < 1.29 is 8.42 Å². The number of nitrogens with zero attached hydrogens (tertiary/aromatic N) is 1. The molecule has 0 aromatic heterocycles. The van der Waals surface area contributed by atoms with Crippen LogP contribution in [-0.2, 0) is 10.0 Å². The fourth-order valence-electron chi connectivity index (χ4n) is 2.27. The van der Waals surface area contributed by atoms with Crippen LogP contribution in [0.2, 0.25) is 0 Å².